The first-order valence-corrected chi connectivity index (χ1v) is 8.03. The highest BCUT2D eigenvalue weighted by atomic mass is 16.5. The maximum atomic E-state index is 12.6. The topological polar surface area (TPSA) is 59.4 Å². The largest absolute Gasteiger partial charge is 0.377 e. The molecule has 6 nitrogen and oxygen atoms in total. The Labute approximate surface area is 132 Å². The summed E-state index contributed by atoms with van der Waals surface area (Å²) in [6.45, 7) is 10.2. The molecule has 0 bridgehead atoms. The van der Waals surface area contributed by atoms with E-state index in [1.165, 1.54) is 0 Å². The molecular weight excluding hydrogens is 280 g/mol. The molecule has 2 heterocycles. The lowest BCUT2D eigenvalue weighted by atomic mass is 10.0. The Bertz CT molecular complexity index is 512. The molecule has 1 aromatic rings. The first-order chi connectivity index (χ1) is 10.4. The Kier molecular flexibility index (Phi) is 5.45. The van der Waals surface area contributed by atoms with E-state index in [4.69, 9.17) is 4.74 Å². The zero-order valence-electron chi connectivity index (χ0n) is 14.3. The molecule has 2 amide bonds. The first-order valence-electron chi connectivity index (χ1n) is 8.03. The van der Waals surface area contributed by atoms with E-state index in [0.29, 0.717) is 25.7 Å². The molecule has 1 aliphatic rings. The van der Waals surface area contributed by atoms with Crippen molar-refractivity contribution >= 4 is 6.03 Å². The van der Waals surface area contributed by atoms with Crippen molar-refractivity contribution in [2.45, 2.75) is 46.2 Å². The van der Waals surface area contributed by atoms with Crippen LogP contribution in [0.1, 0.15) is 44.5 Å². The number of rotatable bonds is 4. The lowest BCUT2D eigenvalue weighted by molar-refractivity contribution is 0.00509. The maximum absolute atomic E-state index is 12.6. The number of aromatic nitrogens is 2. The molecule has 0 aromatic carbocycles. The van der Waals surface area contributed by atoms with Crippen LogP contribution in [0.5, 0.6) is 0 Å². The van der Waals surface area contributed by atoms with Gasteiger partial charge in [0.15, 0.2) is 0 Å². The van der Waals surface area contributed by atoms with Gasteiger partial charge in [0, 0.05) is 25.4 Å². The van der Waals surface area contributed by atoms with E-state index in [0.717, 1.165) is 17.7 Å². The highest BCUT2D eigenvalue weighted by Crippen LogP contribution is 2.19. The quantitative estimate of drug-likeness (QED) is 0.928. The second-order valence-corrected chi connectivity index (χ2v) is 6.57. The van der Waals surface area contributed by atoms with E-state index in [9.17, 15) is 4.79 Å². The van der Waals surface area contributed by atoms with Gasteiger partial charge in [-0.15, -0.1) is 0 Å². The lowest BCUT2D eigenvalue weighted by Gasteiger charge is -2.37. The number of nitrogens with zero attached hydrogens (tertiary/aromatic N) is 3. The van der Waals surface area contributed by atoms with E-state index in [1.54, 1.807) is 4.68 Å². The third kappa shape index (κ3) is 4.00. The molecule has 0 saturated carbocycles. The monoisotopic (exact) mass is 308 g/mol. The van der Waals surface area contributed by atoms with Crippen LogP contribution in [0.2, 0.25) is 0 Å². The Morgan fingerprint density at radius 3 is 2.82 bits per heavy atom. The van der Waals surface area contributed by atoms with Crippen LogP contribution in [-0.2, 0) is 11.8 Å². The van der Waals surface area contributed by atoms with Gasteiger partial charge in [0.1, 0.15) is 0 Å². The van der Waals surface area contributed by atoms with Gasteiger partial charge in [0.25, 0.3) is 0 Å². The van der Waals surface area contributed by atoms with Gasteiger partial charge < -0.3 is 15.0 Å². The molecule has 1 aromatic heterocycles. The summed E-state index contributed by atoms with van der Waals surface area (Å²) >= 11 is 0. The average Bonchev–Trinajstić information content (AvgIpc) is 2.77. The second-order valence-electron chi connectivity index (χ2n) is 6.57. The fraction of sp³-hybridized carbons (Fsp3) is 0.750. The summed E-state index contributed by atoms with van der Waals surface area (Å²) in [6, 6.07) is 0.101. The van der Waals surface area contributed by atoms with Crippen LogP contribution in [0.15, 0.2) is 6.20 Å². The Balaban J connectivity index is 2.01. The molecule has 124 valence electrons. The SMILES string of the molecule is Cc1nn(C)cc1[C@@H](C)NC(=O)N1CCOC[C@@H]1CC(C)C. The van der Waals surface area contributed by atoms with E-state index in [2.05, 4.69) is 24.3 Å². The molecule has 1 N–H and O–H groups in total. The van der Waals surface area contributed by atoms with E-state index in [1.807, 2.05) is 32.0 Å². The number of morpholine rings is 1. The third-order valence-corrected chi connectivity index (χ3v) is 4.09. The Morgan fingerprint density at radius 2 is 2.23 bits per heavy atom. The molecule has 2 rings (SSSR count). The zero-order chi connectivity index (χ0) is 16.3. The van der Waals surface area contributed by atoms with Gasteiger partial charge in [-0.2, -0.15) is 5.10 Å². The predicted molar refractivity (Wildman–Crippen MR) is 85.7 cm³/mol. The van der Waals surface area contributed by atoms with Crippen molar-refractivity contribution in [1.29, 1.82) is 0 Å². The second kappa shape index (κ2) is 7.13. The molecule has 0 aliphatic carbocycles. The van der Waals surface area contributed by atoms with Crippen LogP contribution in [-0.4, -0.2) is 46.5 Å². The summed E-state index contributed by atoms with van der Waals surface area (Å²) < 4.78 is 7.32. The minimum Gasteiger partial charge on any atom is -0.377 e. The Morgan fingerprint density at radius 1 is 1.50 bits per heavy atom. The lowest BCUT2D eigenvalue weighted by Crippen LogP contribution is -2.53. The van der Waals surface area contributed by atoms with Gasteiger partial charge >= 0.3 is 6.03 Å². The highest BCUT2D eigenvalue weighted by Gasteiger charge is 2.29. The molecule has 1 aliphatic heterocycles. The van der Waals surface area contributed by atoms with Crippen LogP contribution in [0.3, 0.4) is 0 Å². The minimum absolute atomic E-state index is 0.00953. The van der Waals surface area contributed by atoms with Crippen molar-refractivity contribution in [3.63, 3.8) is 0 Å². The molecule has 0 unspecified atom stereocenters. The predicted octanol–water partition coefficient (Wildman–Crippen LogP) is 2.25. The first kappa shape index (κ1) is 16.8. The van der Waals surface area contributed by atoms with Crippen molar-refractivity contribution in [3.05, 3.63) is 17.5 Å². The van der Waals surface area contributed by atoms with Crippen molar-refractivity contribution in [2.24, 2.45) is 13.0 Å². The van der Waals surface area contributed by atoms with Gasteiger partial charge in [0.2, 0.25) is 0 Å². The Hall–Kier alpha value is -1.56. The minimum atomic E-state index is -0.0521. The van der Waals surface area contributed by atoms with Crippen LogP contribution in [0.25, 0.3) is 0 Å². The van der Waals surface area contributed by atoms with Gasteiger partial charge in [-0.3, -0.25) is 4.68 Å². The van der Waals surface area contributed by atoms with Crippen molar-refractivity contribution in [2.75, 3.05) is 19.8 Å². The number of urea groups is 1. The summed E-state index contributed by atoms with van der Waals surface area (Å²) in [5.74, 6) is 0.542. The zero-order valence-corrected chi connectivity index (χ0v) is 14.3. The van der Waals surface area contributed by atoms with E-state index < -0.39 is 0 Å². The summed E-state index contributed by atoms with van der Waals surface area (Å²) in [4.78, 5) is 14.5. The normalized spacial score (nSPS) is 20.3. The third-order valence-electron chi connectivity index (χ3n) is 4.09. The number of nitrogens with one attached hydrogen (secondary N) is 1. The fourth-order valence-corrected chi connectivity index (χ4v) is 3.05. The van der Waals surface area contributed by atoms with E-state index in [-0.39, 0.29) is 18.1 Å². The number of carbonyl (C=O) groups is 1. The smallest absolute Gasteiger partial charge is 0.318 e. The number of hydrogen-bond acceptors (Lipinski definition) is 3. The fourth-order valence-electron chi connectivity index (χ4n) is 3.05. The molecule has 6 heteroatoms. The van der Waals surface area contributed by atoms with Crippen molar-refractivity contribution < 1.29 is 9.53 Å². The van der Waals surface area contributed by atoms with E-state index >= 15 is 0 Å². The molecule has 0 spiro atoms. The molecule has 1 saturated heterocycles. The van der Waals surface area contributed by atoms with Crippen LogP contribution >= 0.6 is 0 Å². The molecular formula is C16H28N4O2. The molecule has 1 fully saturated rings. The van der Waals surface area contributed by atoms with Crippen LogP contribution < -0.4 is 5.32 Å². The van der Waals surface area contributed by atoms with Crippen LogP contribution in [0, 0.1) is 12.8 Å². The van der Waals surface area contributed by atoms with Gasteiger partial charge in [0.05, 0.1) is 31.0 Å². The number of hydrogen-bond donors (Lipinski definition) is 1. The summed E-state index contributed by atoms with van der Waals surface area (Å²) in [5.41, 5.74) is 2.01. The maximum Gasteiger partial charge on any atom is 0.318 e. The number of ether oxygens (including phenoxy) is 1. The molecule has 2 atom stereocenters. The molecule has 0 radical (unpaired) electrons. The van der Waals surface area contributed by atoms with Gasteiger partial charge in [-0.25, -0.2) is 4.79 Å². The van der Waals surface area contributed by atoms with Gasteiger partial charge in [-0.1, -0.05) is 13.8 Å². The summed E-state index contributed by atoms with van der Waals surface area (Å²) in [6.07, 6.45) is 2.93. The van der Waals surface area contributed by atoms with Gasteiger partial charge in [-0.05, 0) is 26.2 Å². The number of amides is 2. The summed E-state index contributed by atoms with van der Waals surface area (Å²) in [7, 11) is 1.89. The number of carbonyl (C=O) groups excluding carboxylic acids is 1. The number of aryl methyl sites for hydroxylation is 2. The average molecular weight is 308 g/mol. The van der Waals surface area contributed by atoms with Crippen molar-refractivity contribution in [1.82, 2.24) is 20.0 Å². The van der Waals surface area contributed by atoms with Crippen LogP contribution in [0.4, 0.5) is 4.79 Å². The molecule has 22 heavy (non-hydrogen) atoms. The van der Waals surface area contributed by atoms with Crippen molar-refractivity contribution in [3.8, 4) is 0 Å². The summed E-state index contributed by atoms with van der Waals surface area (Å²) in [5, 5.41) is 7.44. The highest BCUT2D eigenvalue weighted by molar-refractivity contribution is 5.75. The standard InChI is InChI=1S/C16H28N4O2/c1-11(2)8-14-10-22-7-6-20(14)16(21)17-12(3)15-9-19(5)18-13(15)4/h9,11-12,14H,6-8,10H2,1-5H3,(H,17,21)/t12-,14+/m1/s1.